The highest BCUT2D eigenvalue weighted by atomic mass is 32.2. The lowest BCUT2D eigenvalue weighted by Crippen LogP contribution is -2.48. The largest absolute Gasteiger partial charge is 0.282 e. The van der Waals surface area contributed by atoms with E-state index in [-0.39, 0.29) is 23.7 Å². The zero-order chi connectivity index (χ0) is 20.6. The molecule has 1 aliphatic rings. The second-order valence-corrected chi connectivity index (χ2v) is 8.70. The van der Waals surface area contributed by atoms with Crippen molar-refractivity contribution in [3.05, 3.63) is 64.6 Å². The van der Waals surface area contributed by atoms with E-state index >= 15 is 0 Å². The zero-order valence-corrected chi connectivity index (χ0v) is 16.1. The molecule has 29 heavy (non-hydrogen) atoms. The maximum absolute atomic E-state index is 13.4. The van der Waals surface area contributed by atoms with E-state index in [4.69, 9.17) is 0 Å². The van der Waals surface area contributed by atoms with Gasteiger partial charge in [0.1, 0.15) is 5.82 Å². The van der Waals surface area contributed by atoms with Crippen LogP contribution in [0.2, 0.25) is 0 Å². The first-order chi connectivity index (χ1) is 13.8. The number of fused-ring (bicyclic) bond motifs is 1. The summed E-state index contributed by atoms with van der Waals surface area (Å²) in [6.07, 6.45) is 1.58. The summed E-state index contributed by atoms with van der Waals surface area (Å²) in [7, 11) is -3.74. The van der Waals surface area contributed by atoms with Gasteiger partial charge < -0.3 is 0 Å². The van der Waals surface area contributed by atoms with E-state index in [0.717, 1.165) is 11.6 Å². The lowest BCUT2D eigenvalue weighted by Gasteiger charge is -2.33. The maximum Gasteiger partial charge on any atom is 0.270 e. The molecule has 0 radical (unpaired) electrons. The Bertz CT molecular complexity index is 1170. The summed E-state index contributed by atoms with van der Waals surface area (Å²) >= 11 is 0. The fourth-order valence-electron chi connectivity index (χ4n) is 3.38. The molecule has 2 aromatic carbocycles. The van der Waals surface area contributed by atoms with Crippen molar-refractivity contribution in [1.29, 1.82) is 0 Å². The van der Waals surface area contributed by atoms with E-state index in [9.17, 15) is 22.9 Å². The van der Waals surface area contributed by atoms with Crippen molar-refractivity contribution in [3.8, 4) is 0 Å². The Balaban J connectivity index is 1.44. The van der Waals surface area contributed by atoms with Crippen LogP contribution in [0.15, 0.2) is 53.6 Å². The average Bonchev–Trinajstić information content (AvgIpc) is 3.10. The Kier molecular flexibility index (Phi) is 5.03. The molecular formula is C18H18FN5O4S. The Morgan fingerprint density at radius 2 is 1.86 bits per heavy atom. The number of halogens is 1. The van der Waals surface area contributed by atoms with E-state index in [0.29, 0.717) is 25.1 Å². The SMILES string of the molecule is O=[N+]([O-])c1ccc2c(cnn2CN2CCN(S(=O)(=O)c3cccc(F)c3)CC2)c1. The molecule has 4 rings (SSSR count). The predicted octanol–water partition coefficient (Wildman–Crippen LogP) is 2.05. The molecule has 1 saturated heterocycles. The van der Waals surface area contributed by atoms with Gasteiger partial charge in [-0.3, -0.25) is 19.7 Å². The molecule has 1 aromatic heterocycles. The minimum atomic E-state index is -3.74. The predicted molar refractivity (Wildman–Crippen MR) is 103 cm³/mol. The molecule has 2 heterocycles. The average molecular weight is 419 g/mol. The van der Waals surface area contributed by atoms with Crippen LogP contribution in [-0.4, -0.2) is 58.5 Å². The fraction of sp³-hybridized carbons (Fsp3) is 0.278. The van der Waals surface area contributed by atoms with Crippen LogP contribution >= 0.6 is 0 Å². The maximum atomic E-state index is 13.4. The zero-order valence-electron chi connectivity index (χ0n) is 15.3. The van der Waals surface area contributed by atoms with Crippen molar-refractivity contribution in [2.24, 2.45) is 0 Å². The molecule has 1 aliphatic heterocycles. The standard InChI is InChI=1S/C18H18FN5O4S/c19-15-2-1-3-17(11-15)29(27,28)22-8-6-21(7-9-22)13-23-18-5-4-16(24(25)26)10-14(18)12-20-23/h1-5,10-12H,6-9,13H2. The van der Waals surface area contributed by atoms with Gasteiger partial charge in [-0.25, -0.2) is 12.8 Å². The van der Waals surface area contributed by atoms with Crippen LogP contribution in [0, 0.1) is 15.9 Å². The smallest absolute Gasteiger partial charge is 0.270 e. The minimum Gasteiger partial charge on any atom is -0.282 e. The van der Waals surface area contributed by atoms with Crippen LogP contribution in [0.25, 0.3) is 10.9 Å². The van der Waals surface area contributed by atoms with Gasteiger partial charge in [0.2, 0.25) is 10.0 Å². The summed E-state index contributed by atoms with van der Waals surface area (Å²) in [6.45, 7) is 1.98. The number of non-ortho nitro benzene ring substituents is 1. The van der Waals surface area contributed by atoms with Crippen molar-refractivity contribution in [1.82, 2.24) is 19.0 Å². The van der Waals surface area contributed by atoms with E-state index in [2.05, 4.69) is 5.10 Å². The van der Waals surface area contributed by atoms with E-state index in [1.165, 1.54) is 34.6 Å². The van der Waals surface area contributed by atoms with Crippen molar-refractivity contribution >= 4 is 26.6 Å². The summed E-state index contributed by atoms with van der Waals surface area (Å²) < 4.78 is 41.9. The molecule has 0 unspecified atom stereocenters. The van der Waals surface area contributed by atoms with Crippen LogP contribution in [-0.2, 0) is 16.7 Å². The second kappa shape index (κ2) is 7.50. The molecule has 0 bridgehead atoms. The number of nitro benzene ring substituents is 1. The third-order valence-electron chi connectivity index (χ3n) is 4.94. The molecule has 0 spiro atoms. The van der Waals surface area contributed by atoms with E-state index in [1.807, 2.05) is 4.90 Å². The van der Waals surface area contributed by atoms with Crippen LogP contribution in [0.5, 0.6) is 0 Å². The van der Waals surface area contributed by atoms with Gasteiger partial charge in [-0.15, -0.1) is 0 Å². The number of benzene rings is 2. The summed E-state index contributed by atoms with van der Waals surface area (Å²) in [6, 6.07) is 9.57. The Labute approximate surface area is 166 Å². The highest BCUT2D eigenvalue weighted by Crippen LogP contribution is 2.22. The number of hydrogen-bond donors (Lipinski definition) is 0. The van der Waals surface area contributed by atoms with Gasteiger partial charge in [-0.1, -0.05) is 6.07 Å². The Morgan fingerprint density at radius 3 is 2.55 bits per heavy atom. The van der Waals surface area contributed by atoms with Crippen LogP contribution in [0.3, 0.4) is 0 Å². The lowest BCUT2D eigenvalue weighted by atomic mass is 10.2. The number of nitro groups is 1. The highest BCUT2D eigenvalue weighted by Gasteiger charge is 2.29. The first kappa shape index (κ1) is 19.4. The van der Waals surface area contributed by atoms with E-state index in [1.54, 1.807) is 16.9 Å². The second-order valence-electron chi connectivity index (χ2n) is 6.77. The Morgan fingerprint density at radius 1 is 1.10 bits per heavy atom. The molecule has 11 heteroatoms. The molecule has 9 nitrogen and oxygen atoms in total. The third kappa shape index (κ3) is 3.84. The summed E-state index contributed by atoms with van der Waals surface area (Å²) in [4.78, 5) is 12.4. The fourth-order valence-corrected chi connectivity index (χ4v) is 4.83. The molecule has 0 saturated carbocycles. The molecule has 0 N–H and O–H groups in total. The third-order valence-corrected chi connectivity index (χ3v) is 6.83. The van der Waals surface area contributed by atoms with Crippen molar-refractivity contribution in [2.45, 2.75) is 11.6 Å². The molecule has 152 valence electrons. The van der Waals surface area contributed by atoms with Gasteiger partial charge in [0.25, 0.3) is 5.69 Å². The van der Waals surface area contributed by atoms with Gasteiger partial charge >= 0.3 is 0 Å². The lowest BCUT2D eigenvalue weighted by molar-refractivity contribution is -0.384. The van der Waals surface area contributed by atoms with Crippen LogP contribution < -0.4 is 0 Å². The molecule has 1 fully saturated rings. The number of hydrogen-bond acceptors (Lipinski definition) is 6. The van der Waals surface area contributed by atoms with Crippen LogP contribution in [0.4, 0.5) is 10.1 Å². The first-order valence-corrected chi connectivity index (χ1v) is 10.4. The summed E-state index contributed by atoms with van der Waals surface area (Å²) in [5.41, 5.74) is 0.777. The molecule has 3 aromatic rings. The van der Waals surface area contributed by atoms with Crippen molar-refractivity contribution in [2.75, 3.05) is 26.2 Å². The number of sulfonamides is 1. The topological polar surface area (TPSA) is 102 Å². The Hall–Kier alpha value is -2.89. The first-order valence-electron chi connectivity index (χ1n) is 8.93. The molecular weight excluding hydrogens is 401 g/mol. The van der Waals surface area contributed by atoms with Gasteiger partial charge in [0, 0.05) is 43.7 Å². The number of nitrogens with zero attached hydrogens (tertiary/aromatic N) is 5. The monoisotopic (exact) mass is 419 g/mol. The number of piperazine rings is 1. The van der Waals surface area contributed by atoms with Gasteiger partial charge in [0.05, 0.1) is 28.2 Å². The quantitative estimate of drug-likeness (QED) is 0.463. The normalized spacial score (nSPS) is 16.3. The van der Waals surface area contributed by atoms with Crippen molar-refractivity contribution in [3.63, 3.8) is 0 Å². The van der Waals surface area contributed by atoms with Crippen molar-refractivity contribution < 1.29 is 17.7 Å². The molecule has 0 aliphatic carbocycles. The van der Waals surface area contributed by atoms with Crippen LogP contribution in [0.1, 0.15) is 0 Å². The summed E-state index contributed by atoms with van der Waals surface area (Å²) in [5.74, 6) is -0.587. The van der Waals surface area contributed by atoms with Gasteiger partial charge in [0.15, 0.2) is 0 Å². The minimum absolute atomic E-state index is 0.00761. The molecule has 0 atom stereocenters. The summed E-state index contributed by atoms with van der Waals surface area (Å²) in [5, 5.41) is 15.9. The number of aromatic nitrogens is 2. The highest BCUT2D eigenvalue weighted by molar-refractivity contribution is 7.89. The van der Waals surface area contributed by atoms with E-state index < -0.39 is 20.8 Å². The van der Waals surface area contributed by atoms with Gasteiger partial charge in [-0.05, 0) is 24.3 Å². The van der Waals surface area contributed by atoms with Gasteiger partial charge in [-0.2, -0.15) is 9.40 Å². The number of rotatable bonds is 5. The molecule has 0 amide bonds.